The zero-order chi connectivity index (χ0) is 10.5. The fraction of sp³-hybridized carbons (Fsp3) is 0.417. The van der Waals surface area contributed by atoms with Gasteiger partial charge < -0.3 is 4.74 Å². The molecule has 0 amide bonds. The lowest BCUT2D eigenvalue weighted by Gasteiger charge is -2.26. The van der Waals surface area contributed by atoms with Gasteiger partial charge in [-0.05, 0) is 12.5 Å². The summed E-state index contributed by atoms with van der Waals surface area (Å²) in [5.74, 6) is -0.109. The van der Waals surface area contributed by atoms with E-state index in [9.17, 15) is 4.79 Å². The molecule has 2 fully saturated rings. The lowest BCUT2D eigenvalue weighted by atomic mass is 9.92. The summed E-state index contributed by atoms with van der Waals surface area (Å²) in [7, 11) is 0. The van der Waals surface area contributed by atoms with E-state index in [1.807, 2.05) is 0 Å². The molecule has 15 heavy (non-hydrogen) atoms. The van der Waals surface area contributed by atoms with Gasteiger partial charge in [0.2, 0.25) is 0 Å². The molecule has 0 radical (unpaired) electrons. The van der Waals surface area contributed by atoms with E-state index in [4.69, 9.17) is 4.74 Å². The van der Waals surface area contributed by atoms with Crippen molar-refractivity contribution in [2.75, 3.05) is 6.54 Å². The van der Waals surface area contributed by atoms with Gasteiger partial charge in [0.15, 0.2) is 5.60 Å². The van der Waals surface area contributed by atoms with Crippen molar-refractivity contribution in [1.29, 1.82) is 0 Å². The van der Waals surface area contributed by atoms with Crippen LogP contribution in [0.2, 0.25) is 0 Å². The van der Waals surface area contributed by atoms with Crippen LogP contribution in [-0.4, -0.2) is 18.6 Å². The molecule has 3 rings (SSSR count). The molecule has 0 aliphatic carbocycles. The number of nitrogens with one attached hydrogen (secondary N) is 1. The number of hydrogen-bond donors (Lipinski definition) is 1. The number of esters is 1. The van der Waals surface area contributed by atoms with E-state index in [0.29, 0.717) is 0 Å². The number of carbonyl (C=O) groups is 1. The molecular weight excluding hydrogens is 190 g/mol. The van der Waals surface area contributed by atoms with Crippen LogP contribution in [0.3, 0.4) is 0 Å². The molecule has 2 unspecified atom stereocenters. The smallest absolute Gasteiger partial charge is 0.324 e. The number of carbonyl (C=O) groups excluding carboxylic acids is 1. The molecule has 1 N–H and O–H groups in total. The molecular formula is C12H13NO2. The molecule has 0 saturated carbocycles. The van der Waals surface area contributed by atoms with Gasteiger partial charge >= 0.3 is 5.97 Å². The predicted octanol–water partition coefficient (Wildman–Crippen LogP) is 1.11. The fourth-order valence-electron chi connectivity index (χ4n) is 2.41. The number of fused-ring (bicyclic) bond motifs is 2. The van der Waals surface area contributed by atoms with E-state index in [2.05, 4.69) is 36.5 Å². The molecule has 2 atom stereocenters. The van der Waals surface area contributed by atoms with Crippen LogP contribution in [0.5, 0.6) is 0 Å². The molecule has 3 nitrogen and oxygen atoms in total. The normalized spacial score (nSPS) is 33.1. The van der Waals surface area contributed by atoms with Crippen LogP contribution in [0.4, 0.5) is 0 Å². The largest absolute Gasteiger partial charge is 0.452 e. The van der Waals surface area contributed by atoms with E-state index in [-0.39, 0.29) is 12.0 Å². The average molecular weight is 203 g/mol. The quantitative estimate of drug-likeness (QED) is 0.695. The number of hydrogen-bond acceptors (Lipinski definition) is 3. The summed E-state index contributed by atoms with van der Waals surface area (Å²) >= 11 is 0. The number of rotatable bonds is 1. The molecule has 2 aliphatic rings. The third kappa shape index (κ3) is 1.20. The highest BCUT2D eigenvalue weighted by atomic mass is 16.6. The van der Waals surface area contributed by atoms with E-state index >= 15 is 0 Å². The van der Waals surface area contributed by atoms with Crippen molar-refractivity contribution in [3.8, 4) is 0 Å². The molecule has 0 aromatic heterocycles. The zero-order valence-corrected chi connectivity index (χ0v) is 8.62. The number of benzene rings is 1. The molecule has 0 spiro atoms. The van der Waals surface area contributed by atoms with Gasteiger partial charge in [0.25, 0.3) is 0 Å². The molecule has 2 bridgehead atoms. The topological polar surface area (TPSA) is 38.3 Å². The minimum atomic E-state index is -0.393. The van der Waals surface area contributed by atoms with E-state index in [1.165, 1.54) is 5.56 Å². The maximum Gasteiger partial charge on any atom is 0.324 e. The summed E-state index contributed by atoms with van der Waals surface area (Å²) in [5.41, 5.74) is 1.94. The van der Waals surface area contributed by atoms with E-state index in [1.54, 1.807) is 0 Å². The van der Waals surface area contributed by atoms with Crippen LogP contribution in [0.25, 0.3) is 0 Å². The standard InChI is InChI=1S/C12H13NO2/c1-8-2-4-9(5-3-8)12-6-10(13-7-12)11(14)15-12/h2-5,10,13H,6-7H2,1H3. The first-order chi connectivity index (χ1) is 7.20. The molecule has 1 aromatic carbocycles. The van der Waals surface area contributed by atoms with Gasteiger partial charge in [-0.3, -0.25) is 10.1 Å². The Morgan fingerprint density at radius 1 is 1.40 bits per heavy atom. The van der Waals surface area contributed by atoms with Crippen LogP contribution in [0.1, 0.15) is 17.5 Å². The van der Waals surface area contributed by atoms with E-state index in [0.717, 1.165) is 18.5 Å². The first-order valence-corrected chi connectivity index (χ1v) is 5.23. The van der Waals surface area contributed by atoms with Crippen molar-refractivity contribution in [1.82, 2.24) is 5.32 Å². The first-order valence-electron chi connectivity index (χ1n) is 5.23. The third-order valence-corrected chi connectivity index (χ3v) is 3.33. The van der Waals surface area contributed by atoms with Gasteiger partial charge in [0.1, 0.15) is 6.04 Å². The van der Waals surface area contributed by atoms with Crippen LogP contribution in [0.15, 0.2) is 24.3 Å². The highest BCUT2D eigenvalue weighted by molar-refractivity contribution is 5.80. The summed E-state index contributed by atoms with van der Waals surface area (Å²) in [6, 6.07) is 8.13. The Balaban J connectivity index is 2.00. The van der Waals surface area contributed by atoms with Crippen molar-refractivity contribution in [2.24, 2.45) is 0 Å². The Kier molecular flexibility index (Phi) is 1.68. The van der Waals surface area contributed by atoms with Crippen LogP contribution < -0.4 is 5.32 Å². The summed E-state index contributed by atoms with van der Waals surface area (Å²) in [6.45, 7) is 2.80. The monoisotopic (exact) mass is 203 g/mol. The fourth-order valence-corrected chi connectivity index (χ4v) is 2.41. The zero-order valence-electron chi connectivity index (χ0n) is 8.62. The summed E-state index contributed by atoms with van der Waals surface area (Å²) < 4.78 is 5.47. The average Bonchev–Trinajstić information content (AvgIpc) is 2.76. The van der Waals surface area contributed by atoms with Gasteiger partial charge in [-0.2, -0.15) is 0 Å². The van der Waals surface area contributed by atoms with Gasteiger partial charge in [0, 0.05) is 13.0 Å². The van der Waals surface area contributed by atoms with Crippen LogP contribution in [-0.2, 0) is 15.1 Å². The lowest BCUT2D eigenvalue weighted by Crippen LogP contribution is -2.40. The second-order valence-electron chi connectivity index (χ2n) is 4.42. The van der Waals surface area contributed by atoms with Crippen molar-refractivity contribution < 1.29 is 9.53 Å². The third-order valence-electron chi connectivity index (χ3n) is 3.33. The van der Waals surface area contributed by atoms with Crippen molar-refractivity contribution in [3.05, 3.63) is 35.4 Å². The Labute approximate surface area is 88.4 Å². The molecule has 3 heteroatoms. The summed E-state index contributed by atoms with van der Waals surface area (Å²) in [5, 5.41) is 3.19. The predicted molar refractivity (Wildman–Crippen MR) is 55.4 cm³/mol. The Morgan fingerprint density at radius 3 is 2.67 bits per heavy atom. The van der Waals surface area contributed by atoms with Gasteiger partial charge in [0.05, 0.1) is 0 Å². The summed E-state index contributed by atoms with van der Waals surface area (Å²) in [4.78, 5) is 11.4. The second-order valence-corrected chi connectivity index (χ2v) is 4.42. The molecule has 78 valence electrons. The Bertz CT molecular complexity index is 412. The molecule has 2 heterocycles. The number of ether oxygens (including phenoxy) is 1. The number of aryl methyl sites for hydroxylation is 1. The van der Waals surface area contributed by atoms with E-state index < -0.39 is 5.60 Å². The van der Waals surface area contributed by atoms with Gasteiger partial charge in [-0.1, -0.05) is 29.8 Å². The van der Waals surface area contributed by atoms with Crippen LogP contribution >= 0.6 is 0 Å². The van der Waals surface area contributed by atoms with Crippen LogP contribution in [0, 0.1) is 6.92 Å². The highest BCUT2D eigenvalue weighted by Gasteiger charge is 2.53. The maximum absolute atomic E-state index is 11.4. The summed E-state index contributed by atoms with van der Waals surface area (Å²) in [6.07, 6.45) is 0.773. The Hall–Kier alpha value is -1.35. The van der Waals surface area contributed by atoms with Crippen molar-refractivity contribution in [3.63, 3.8) is 0 Å². The Morgan fingerprint density at radius 2 is 2.13 bits per heavy atom. The molecule has 1 aromatic rings. The molecule has 2 saturated heterocycles. The second kappa shape index (κ2) is 2.83. The molecule has 2 aliphatic heterocycles. The van der Waals surface area contributed by atoms with Gasteiger partial charge in [-0.15, -0.1) is 0 Å². The number of morpholine rings is 1. The minimum absolute atomic E-state index is 0.0914. The minimum Gasteiger partial charge on any atom is -0.452 e. The first kappa shape index (κ1) is 8.92. The SMILES string of the molecule is Cc1ccc(C23CNC(C2)C(=O)O3)cc1. The van der Waals surface area contributed by atoms with Crippen molar-refractivity contribution >= 4 is 5.97 Å². The highest BCUT2D eigenvalue weighted by Crippen LogP contribution is 2.40. The maximum atomic E-state index is 11.4. The van der Waals surface area contributed by atoms with Gasteiger partial charge in [-0.25, -0.2) is 0 Å². The lowest BCUT2D eigenvalue weighted by molar-refractivity contribution is -0.153. The van der Waals surface area contributed by atoms with Crippen molar-refractivity contribution in [2.45, 2.75) is 25.0 Å².